The molecule has 2 aromatic rings. The van der Waals surface area contributed by atoms with Crippen LogP contribution in [0.3, 0.4) is 0 Å². The highest BCUT2D eigenvalue weighted by molar-refractivity contribution is 5.82. The van der Waals surface area contributed by atoms with Gasteiger partial charge in [-0.3, -0.25) is 9.78 Å². The molecule has 0 spiro atoms. The molecular weight excluding hydrogens is 292 g/mol. The van der Waals surface area contributed by atoms with E-state index in [1.165, 1.54) is 7.11 Å². The number of pyridine rings is 1. The first-order chi connectivity index (χ1) is 11.0. The van der Waals surface area contributed by atoms with Gasteiger partial charge in [-0.15, -0.1) is 0 Å². The fourth-order valence-corrected chi connectivity index (χ4v) is 2.28. The van der Waals surface area contributed by atoms with Crippen molar-refractivity contribution in [2.45, 2.75) is 32.4 Å². The molecule has 0 saturated carbocycles. The maximum atomic E-state index is 11.9. The molecule has 1 heterocycles. The van der Waals surface area contributed by atoms with Crippen molar-refractivity contribution in [2.75, 3.05) is 7.11 Å². The molecule has 0 aliphatic carbocycles. The largest absolute Gasteiger partial charge is 0.487 e. The summed E-state index contributed by atoms with van der Waals surface area (Å²) in [5.41, 5.74) is 7.62. The van der Waals surface area contributed by atoms with Crippen molar-refractivity contribution in [3.8, 4) is 5.75 Å². The summed E-state index contributed by atoms with van der Waals surface area (Å²) in [6, 6.07) is 11.3. The van der Waals surface area contributed by atoms with Crippen molar-refractivity contribution in [1.29, 1.82) is 0 Å². The van der Waals surface area contributed by atoms with Crippen molar-refractivity contribution in [3.63, 3.8) is 0 Å². The highest BCUT2D eigenvalue weighted by Crippen LogP contribution is 2.29. The average molecular weight is 314 g/mol. The number of benzene rings is 1. The van der Waals surface area contributed by atoms with E-state index in [0.29, 0.717) is 18.9 Å². The summed E-state index contributed by atoms with van der Waals surface area (Å²) in [5, 5.41) is 0. The number of methoxy groups -OCH3 is 1. The maximum Gasteiger partial charge on any atom is 0.315 e. The molecule has 0 radical (unpaired) electrons. The molecule has 23 heavy (non-hydrogen) atoms. The molecular formula is C18H22N2O3. The third kappa shape index (κ3) is 3.87. The van der Waals surface area contributed by atoms with E-state index in [9.17, 15) is 4.79 Å². The molecule has 1 aromatic carbocycles. The van der Waals surface area contributed by atoms with E-state index in [0.717, 1.165) is 16.8 Å². The van der Waals surface area contributed by atoms with Crippen LogP contribution < -0.4 is 10.5 Å². The Morgan fingerprint density at radius 2 is 2.04 bits per heavy atom. The summed E-state index contributed by atoms with van der Waals surface area (Å²) < 4.78 is 10.7. The van der Waals surface area contributed by atoms with Gasteiger partial charge in [-0.2, -0.15) is 0 Å². The topological polar surface area (TPSA) is 74.4 Å². The first kappa shape index (κ1) is 17.0. The Hall–Kier alpha value is -2.40. The summed E-state index contributed by atoms with van der Waals surface area (Å²) in [5.74, 6) is 0.408. The lowest BCUT2D eigenvalue weighted by molar-refractivity contribution is -0.146. The Morgan fingerprint density at radius 3 is 2.65 bits per heavy atom. The number of esters is 1. The van der Waals surface area contributed by atoms with Crippen molar-refractivity contribution in [3.05, 3.63) is 59.4 Å². The van der Waals surface area contributed by atoms with Gasteiger partial charge in [-0.25, -0.2) is 0 Å². The molecule has 2 N–H and O–H groups in total. The van der Waals surface area contributed by atoms with Gasteiger partial charge in [-0.05, 0) is 43.7 Å². The second-order valence-corrected chi connectivity index (χ2v) is 5.75. The molecule has 0 bridgehead atoms. The quantitative estimate of drug-likeness (QED) is 0.830. The lowest BCUT2D eigenvalue weighted by Crippen LogP contribution is -2.30. The number of carbonyl (C=O) groups excluding carboxylic acids is 1. The zero-order valence-corrected chi connectivity index (χ0v) is 13.7. The summed E-state index contributed by atoms with van der Waals surface area (Å²) in [4.78, 5) is 16.2. The predicted molar refractivity (Wildman–Crippen MR) is 87.9 cm³/mol. The van der Waals surface area contributed by atoms with Crippen molar-refractivity contribution >= 4 is 5.97 Å². The van der Waals surface area contributed by atoms with Crippen LogP contribution >= 0.6 is 0 Å². The maximum absolute atomic E-state index is 11.9. The van der Waals surface area contributed by atoms with Gasteiger partial charge in [0.05, 0.1) is 18.2 Å². The lowest BCUT2D eigenvalue weighted by atomic mass is 9.84. The smallest absolute Gasteiger partial charge is 0.315 e. The zero-order valence-electron chi connectivity index (χ0n) is 13.7. The first-order valence-electron chi connectivity index (χ1n) is 7.43. The molecule has 5 nitrogen and oxygen atoms in total. The number of rotatable bonds is 6. The number of ether oxygens (including phenoxy) is 2. The number of hydrogen-bond donors (Lipinski definition) is 1. The molecule has 122 valence electrons. The van der Waals surface area contributed by atoms with Gasteiger partial charge in [0.1, 0.15) is 12.4 Å². The van der Waals surface area contributed by atoms with Gasteiger partial charge in [0.25, 0.3) is 0 Å². The van der Waals surface area contributed by atoms with Gasteiger partial charge in [0.2, 0.25) is 0 Å². The van der Waals surface area contributed by atoms with Crippen LogP contribution in [0.5, 0.6) is 5.75 Å². The van der Waals surface area contributed by atoms with Crippen LogP contribution in [-0.2, 0) is 28.1 Å². The minimum atomic E-state index is -0.738. The second-order valence-electron chi connectivity index (χ2n) is 5.75. The Labute approximate surface area is 136 Å². The van der Waals surface area contributed by atoms with Crippen LogP contribution in [0.2, 0.25) is 0 Å². The highest BCUT2D eigenvalue weighted by Gasteiger charge is 2.31. The van der Waals surface area contributed by atoms with E-state index in [2.05, 4.69) is 4.98 Å². The molecule has 0 unspecified atom stereocenters. The molecule has 0 amide bonds. The normalized spacial score (nSPS) is 11.1. The predicted octanol–water partition coefficient (Wildman–Crippen LogP) is 2.57. The van der Waals surface area contributed by atoms with E-state index in [4.69, 9.17) is 15.2 Å². The Morgan fingerprint density at radius 1 is 1.26 bits per heavy atom. The Kier molecular flexibility index (Phi) is 5.34. The molecule has 0 fully saturated rings. The minimum absolute atomic E-state index is 0.289. The van der Waals surface area contributed by atoms with Gasteiger partial charge in [0, 0.05) is 18.3 Å². The van der Waals surface area contributed by atoms with Crippen LogP contribution in [0, 0.1) is 0 Å². The fraction of sp³-hybridized carbons (Fsp3) is 0.333. The van der Waals surface area contributed by atoms with E-state index < -0.39 is 5.41 Å². The molecule has 0 aliphatic rings. The average Bonchev–Trinajstić information content (AvgIpc) is 2.59. The van der Waals surface area contributed by atoms with Crippen LogP contribution in [-0.4, -0.2) is 18.1 Å². The molecule has 0 saturated heterocycles. The SMILES string of the molecule is COC(=O)C(C)(C)c1ccc(OCc2ccccn2)c(CN)c1. The summed E-state index contributed by atoms with van der Waals surface area (Å²) >= 11 is 0. The number of hydrogen-bond acceptors (Lipinski definition) is 5. The molecule has 1 aromatic heterocycles. The third-order valence-corrected chi connectivity index (χ3v) is 3.80. The van der Waals surface area contributed by atoms with Crippen LogP contribution in [0.1, 0.15) is 30.7 Å². The first-order valence-corrected chi connectivity index (χ1v) is 7.43. The number of carbonyl (C=O) groups is 1. The van der Waals surface area contributed by atoms with Crippen molar-refractivity contribution < 1.29 is 14.3 Å². The summed E-state index contributed by atoms with van der Waals surface area (Å²) in [6.45, 7) is 4.34. The van der Waals surface area contributed by atoms with E-state index in [1.807, 2.05) is 50.2 Å². The van der Waals surface area contributed by atoms with Crippen LogP contribution in [0.15, 0.2) is 42.6 Å². The summed E-state index contributed by atoms with van der Waals surface area (Å²) in [7, 11) is 1.39. The van der Waals surface area contributed by atoms with E-state index in [1.54, 1.807) is 6.20 Å². The highest BCUT2D eigenvalue weighted by atomic mass is 16.5. The monoisotopic (exact) mass is 314 g/mol. The van der Waals surface area contributed by atoms with Crippen LogP contribution in [0.25, 0.3) is 0 Å². The van der Waals surface area contributed by atoms with Crippen molar-refractivity contribution in [1.82, 2.24) is 4.98 Å². The van der Waals surface area contributed by atoms with Crippen LogP contribution in [0.4, 0.5) is 0 Å². The van der Waals surface area contributed by atoms with Gasteiger partial charge < -0.3 is 15.2 Å². The Bertz CT molecular complexity index is 669. The second kappa shape index (κ2) is 7.24. The number of nitrogens with zero attached hydrogens (tertiary/aromatic N) is 1. The zero-order chi connectivity index (χ0) is 16.9. The van der Waals surface area contributed by atoms with E-state index >= 15 is 0 Å². The Balaban J connectivity index is 2.21. The molecule has 0 atom stereocenters. The molecule has 0 aliphatic heterocycles. The van der Waals surface area contributed by atoms with E-state index in [-0.39, 0.29) is 5.97 Å². The minimum Gasteiger partial charge on any atom is -0.487 e. The van der Waals surface area contributed by atoms with Gasteiger partial charge in [0.15, 0.2) is 0 Å². The molecule has 5 heteroatoms. The molecule has 2 rings (SSSR count). The number of aromatic nitrogens is 1. The third-order valence-electron chi connectivity index (χ3n) is 3.80. The van der Waals surface area contributed by atoms with Gasteiger partial charge >= 0.3 is 5.97 Å². The van der Waals surface area contributed by atoms with Gasteiger partial charge in [-0.1, -0.05) is 12.1 Å². The summed E-state index contributed by atoms with van der Waals surface area (Å²) in [6.07, 6.45) is 1.73. The fourth-order valence-electron chi connectivity index (χ4n) is 2.28. The lowest BCUT2D eigenvalue weighted by Gasteiger charge is -2.23. The standard InChI is InChI=1S/C18H22N2O3/c1-18(2,17(21)22-3)14-7-8-16(13(10-14)11-19)23-12-15-6-4-5-9-20-15/h4-10H,11-12,19H2,1-3H3. The number of nitrogens with two attached hydrogens (primary N) is 1. The van der Waals surface area contributed by atoms with Crippen molar-refractivity contribution in [2.24, 2.45) is 5.73 Å².